The molecule has 0 radical (unpaired) electrons. The molecule has 0 bridgehead atoms. The second-order valence-corrected chi connectivity index (χ2v) is 12.4. The molecule has 2 aliphatic rings. The highest BCUT2D eigenvalue weighted by atomic mass is 32.2. The molecule has 4 rings (SSSR count). The lowest BCUT2D eigenvalue weighted by molar-refractivity contribution is -0.117. The molecule has 0 N–H and O–H groups in total. The maximum atomic E-state index is 13.3. The number of nitrogens with zero attached hydrogens (tertiary/aromatic N) is 2. The lowest BCUT2D eigenvalue weighted by atomic mass is 9.98. The van der Waals surface area contributed by atoms with Crippen LogP contribution in [0.1, 0.15) is 59.8 Å². The van der Waals surface area contributed by atoms with E-state index in [1.54, 1.807) is 34.1 Å². The first kappa shape index (κ1) is 26.2. The van der Waals surface area contributed by atoms with Gasteiger partial charge in [0.2, 0.25) is 5.91 Å². The summed E-state index contributed by atoms with van der Waals surface area (Å²) in [6.07, 6.45) is 4.62. The topological polar surface area (TPSA) is 84.0 Å². The highest BCUT2D eigenvalue weighted by Gasteiger charge is 2.35. The Labute approximate surface area is 214 Å². The van der Waals surface area contributed by atoms with Gasteiger partial charge in [-0.15, -0.1) is 0 Å². The van der Waals surface area contributed by atoms with Crippen molar-refractivity contribution >= 4 is 33.2 Å². The van der Waals surface area contributed by atoms with Gasteiger partial charge in [-0.05, 0) is 73.9 Å². The molecule has 8 heteroatoms. The van der Waals surface area contributed by atoms with Crippen molar-refractivity contribution in [3.8, 4) is 11.1 Å². The van der Waals surface area contributed by atoms with Crippen LogP contribution in [0, 0.1) is 5.92 Å². The van der Waals surface area contributed by atoms with Gasteiger partial charge in [0, 0.05) is 13.5 Å². The third-order valence-corrected chi connectivity index (χ3v) is 8.99. The molecule has 0 unspecified atom stereocenters. The second-order valence-electron chi connectivity index (χ2n) is 10.4. The van der Waals surface area contributed by atoms with Crippen molar-refractivity contribution < 1.29 is 22.7 Å². The average molecular weight is 513 g/mol. The Hall–Kier alpha value is -2.87. The van der Waals surface area contributed by atoms with Crippen molar-refractivity contribution in [1.29, 1.82) is 0 Å². The predicted molar refractivity (Wildman–Crippen MR) is 142 cm³/mol. The number of sulfone groups is 1. The molecule has 0 aromatic heterocycles. The molecule has 1 fully saturated rings. The Morgan fingerprint density at radius 3 is 2.22 bits per heavy atom. The van der Waals surface area contributed by atoms with Gasteiger partial charge >= 0.3 is 6.09 Å². The van der Waals surface area contributed by atoms with Crippen LogP contribution in [0.3, 0.4) is 0 Å². The van der Waals surface area contributed by atoms with E-state index in [9.17, 15) is 18.0 Å². The molecular formula is C28H36N2O5S. The largest absolute Gasteiger partial charge is 0.446 e. The first-order chi connectivity index (χ1) is 17.1. The van der Waals surface area contributed by atoms with Gasteiger partial charge in [0.25, 0.3) is 0 Å². The van der Waals surface area contributed by atoms with Crippen LogP contribution >= 0.6 is 0 Å². The van der Waals surface area contributed by atoms with Gasteiger partial charge in [0.05, 0.1) is 28.1 Å². The van der Waals surface area contributed by atoms with E-state index in [0.717, 1.165) is 36.8 Å². The quantitative estimate of drug-likeness (QED) is 0.504. The minimum absolute atomic E-state index is 0.0429. The number of hydrogen-bond donors (Lipinski definition) is 0. The molecule has 1 saturated carbocycles. The number of anilines is 2. The lowest BCUT2D eigenvalue weighted by Gasteiger charge is -2.41. The molecule has 0 saturated heterocycles. The molecule has 1 aliphatic carbocycles. The van der Waals surface area contributed by atoms with Crippen LogP contribution in [0.4, 0.5) is 16.2 Å². The fraction of sp³-hybridized carbons (Fsp3) is 0.500. The summed E-state index contributed by atoms with van der Waals surface area (Å²) in [6.45, 7) is 7.56. The van der Waals surface area contributed by atoms with Gasteiger partial charge in [-0.3, -0.25) is 9.69 Å². The Kier molecular flexibility index (Phi) is 7.73. The van der Waals surface area contributed by atoms with Gasteiger partial charge in [-0.1, -0.05) is 38.5 Å². The normalized spacial score (nSPS) is 18.8. The average Bonchev–Trinajstić information content (AvgIpc) is 2.83. The van der Waals surface area contributed by atoms with Crippen molar-refractivity contribution in [2.75, 3.05) is 22.1 Å². The molecule has 36 heavy (non-hydrogen) atoms. The molecule has 2 aromatic carbocycles. The molecule has 1 atom stereocenters. The van der Waals surface area contributed by atoms with Crippen molar-refractivity contribution in [3.63, 3.8) is 0 Å². The van der Waals surface area contributed by atoms with E-state index in [1.165, 1.54) is 13.3 Å². The van der Waals surface area contributed by atoms with Crippen LogP contribution in [0.2, 0.25) is 0 Å². The maximum absolute atomic E-state index is 13.3. The Morgan fingerprint density at radius 1 is 0.972 bits per heavy atom. The van der Waals surface area contributed by atoms with Gasteiger partial charge < -0.3 is 9.64 Å². The summed E-state index contributed by atoms with van der Waals surface area (Å²) in [6, 6.07) is 12.3. The van der Waals surface area contributed by atoms with E-state index in [1.807, 2.05) is 39.0 Å². The summed E-state index contributed by atoms with van der Waals surface area (Å²) in [5.74, 6) is 0.0558. The molecule has 1 heterocycles. The number of rotatable bonds is 5. The van der Waals surface area contributed by atoms with Crippen LogP contribution in [-0.2, 0) is 19.4 Å². The number of amides is 2. The molecule has 2 amide bonds. The minimum atomic E-state index is -3.34. The van der Waals surface area contributed by atoms with E-state index in [-0.39, 0.29) is 35.8 Å². The van der Waals surface area contributed by atoms with Crippen LogP contribution in [0.5, 0.6) is 0 Å². The van der Waals surface area contributed by atoms with E-state index < -0.39 is 9.84 Å². The fourth-order valence-corrected chi connectivity index (χ4v) is 6.86. The van der Waals surface area contributed by atoms with Gasteiger partial charge in [0.1, 0.15) is 6.10 Å². The second kappa shape index (κ2) is 10.6. The first-order valence-corrected chi connectivity index (χ1v) is 14.5. The van der Waals surface area contributed by atoms with Gasteiger partial charge in [-0.2, -0.15) is 0 Å². The number of carbonyl (C=O) groups is 2. The molecule has 1 aliphatic heterocycles. The van der Waals surface area contributed by atoms with Crippen molar-refractivity contribution in [2.45, 2.75) is 76.8 Å². The molecule has 2 aromatic rings. The van der Waals surface area contributed by atoms with E-state index in [4.69, 9.17) is 4.74 Å². The van der Waals surface area contributed by atoms with Crippen LogP contribution in [-0.4, -0.2) is 44.9 Å². The monoisotopic (exact) mass is 512 g/mol. The van der Waals surface area contributed by atoms with Crippen molar-refractivity contribution in [2.24, 2.45) is 5.92 Å². The number of fused-ring (bicyclic) bond motifs is 1. The minimum Gasteiger partial charge on any atom is -0.446 e. The summed E-state index contributed by atoms with van der Waals surface area (Å²) in [7, 11) is -3.34. The van der Waals surface area contributed by atoms with Crippen molar-refractivity contribution in [1.82, 2.24) is 0 Å². The summed E-state index contributed by atoms with van der Waals surface area (Å²) in [4.78, 5) is 29.4. The number of ether oxygens (including phenoxy) is 1. The smallest absolute Gasteiger partial charge is 0.414 e. The van der Waals surface area contributed by atoms with Crippen LogP contribution < -0.4 is 9.80 Å². The van der Waals surface area contributed by atoms with Crippen molar-refractivity contribution in [3.05, 3.63) is 42.5 Å². The van der Waals surface area contributed by atoms with Crippen LogP contribution in [0.25, 0.3) is 11.1 Å². The van der Waals surface area contributed by atoms with E-state index in [2.05, 4.69) is 0 Å². The van der Waals surface area contributed by atoms with E-state index in [0.29, 0.717) is 22.8 Å². The summed E-state index contributed by atoms with van der Waals surface area (Å²) in [5.41, 5.74) is 2.95. The zero-order chi connectivity index (χ0) is 26.0. The zero-order valence-corrected chi connectivity index (χ0v) is 22.4. The SMILES string of the molecule is CC(=O)N1c2ccc(-c3ccc(S(=O)(=O)CC(C)C)cc3)cc2N(C(=O)OC2CCCCC2)C[C@@H]1C. The molecular weight excluding hydrogens is 476 g/mol. The zero-order valence-electron chi connectivity index (χ0n) is 21.6. The van der Waals surface area contributed by atoms with Gasteiger partial charge in [0.15, 0.2) is 9.84 Å². The standard InChI is InChI=1S/C28H36N2O5S/c1-19(2)18-36(33,34)25-13-10-22(11-14-25)23-12-15-26-27(16-23)29(17-20(3)30(26)21(4)31)28(32)35-24-8-6-5-7-9-24/h10-16,19-20,24H,5-9,17-18H2,1-4H3/t20-/m0/s1. The van der Waals surface area contributed by atoms with Gasteiger partial charge in [-0.25, -0.2) is 13.2 Å². The maximum Gasteiger partial charge on any atom is 0.414 e. The Morgan fingerprint density at radius 2 is 1.61 bits per heavy atom. The third-order valence-electron chi connectivity index (χ3n) is 6.89. The highest BCUT2D eigenvalue weighted by molar-refractivity contribution is 7.91. The summed E-state index contributed by atoms with van der Waals surface area (Å²) in [5, 5.41) is 0. The summed E-state index contributed by atoms with van der Waals surface area (Å²) < 4.78 is 31.1. The number of benzene rings is 2. The fourth-order valence-electron chi connectivity index (χ4n) is 5.24. The number of hydrogen-bond acceptors (Lipinski definition) is 5. The molecule has 194 valence electrons. The highest BCUT2D eigenvalue weighted by Crippen LogP contribution is 2.39. The Balaban J connectivity index is 1.67. The summed E-state index contributed by atoms with van der Waals surface area (Å²) >= 11 is 0. The van der Waals surface area contributed by atoms with E-state index >= 15 is 0 Å². The number of carbonyl (C=O) groups excluding carboxylic acids is 2. The van der Waals surface area contributed by atoms with Crippen LogP contribution in [0.15, 0.2) is 47.4 Å². The molecule has 0 spiro atoms. The first-order valence-electron chi connectivity index (χ1n) is 12.8. The Bertz CT molecular complexity index is 1220. The lowest BCUT2D eigenvalue weighted by Crippen LogP contribution is -2.52. The third kappa shape index (κ3) is 5.59. The predicted octanol–water partition coefficient (Wildman–Crippen LogP) is 5.81. The molecule has 7 nitrogen and oxygen atoms in total.